The second-order valence-electron chi connectivity index (χ2n) is 2.77. The lowest BCUT2D eigenvalue weighted by atomic mass is 10.3. The van der Waals surface area contributed by atoms with Gasteiger partial charge < -0.3 is 5.32 Å². The molecule has 0 aromatic heterocycles. The molecule has 0 saturated heterocycles. The van der Waals surface area contributed by atoms with Gasteiger partial charge in [0.05, 0.1) is 6.61 Å². The van der Waals surface area contributed by atoms with Gasteiger partial charge >= 0.3 is 6.03 Å². The van der Waals surface area contributed by atoms with E-state index in [1.807, 2.05) is 25.1 Å². The Balaban J connectivity index is 2.27. The van der Waals surface area contributed by atoms with Gasteiger partial charge in [0, 0.05) is 5.69 Å². The number of benzene rings is 1. The number of nitrogens with one attached hydrogen (secondary N) is 2. The van der Waals surface area contributed by atoms with E-state index < -0.39 is 0 Å². The number of carbonyl (C=O) groups is 1. The van der Waals surface area contributed by atoms with Gasteiger partial charge in [0.25, 0.3) is 0 Å². The average molecular weight is 194 g/mol. The summed E-state index contributed by atoms with van der Waals surface area (Å²) in [5.74, 6) is 0. The zero-order valence-electron chi connectivity index (χ0n) is 8.12. The van der Waals surface area contributed by atoms with Gasteiger partial charge in [0.15, 0.2) is 0 Å². The Bertz CT molecular complexity index is 275. The molecule has 0 atom stereocenters. The Morgan fingerprint density at radius 3 is 2.71 bits per heavy atom. The van der Waals surface area contributed by atoms with E-state index in [9.17, 15) is 4.79 Å². The van der Waals surface area contributed by atoms with Crippen molar-refractivity contribution in [2.24, 2.45) is 0 Å². The maximum atomic E-state index is 11.1. The van der Waals surface area contributed by atoms with Gasteiger partial charge in [0.1, 0.15) is 0 Å². The number of amides is 2. The summed E-state index contributed by atoms with van der Waals surface area (Å²) < 4.78 is 0. The number of carbonyl (C=O) groups excluding carboxylic acids is 1. The van der Waals surface area contributed by atoms with Crippen LogP contribution in [0.2, 0.25) is 0 Å². The average Bonchev–Trinajstić information content (AvgIpc) is 2.20. The fourth-order valence-electron chi connectivity index (χ4n) is 0.897. The van der Waals surface area contributed by atoms with Crippen molar-refractivity contribution in [3.63, 3.8) is 0 Å². The van der Waals surface area contributed by atoms with Gasteiger partial charge in [-0.05, 0) is 18.6 Å². The van der Waals surface area contributed by atoms with E-state index in [0.717, 1.165) is 12.1 Å². The third kappa shape index (κ3) is 3.91. The highest BCUT2D eigenvalue weighted by atomic mass is 16.7. The smallest absolute Gasteiger partial charge is 0.306 e. The summed E-state index contributed by atoms with van der Waals surface area (Å²) >= 11 is 0. The van der Waals surface area contributed by atoms with E-state index in [1.54, 1.807) is 12.1 Å². The van der Waals surface area contributed by atoms with E-state index in [0.29, 0.717) is 6.61 Å². The zero-order valence-corrected chi connectivity index (χ0v) is 8.12. The van der Waals surface area contributed by atoms with Gasteiger partial charge in [0.2, 0.25) is 0 Å². The predicted octanol–water partition coefficient (Wildman–Crippen LogP) is 2.15. The van der Waals surface area contributed by atoms with Crippen LogP contribution in [0.3, 0.4) is 0 Å². The quantitative estimate of drug-likeness (QED) is 0.570. The van der Waals surface area contributed by atoms with E-state index in [4.69, 9.17) is 4.84 Å². The van der Waals surface area contributed by atoms with Crippen molar-refractivity contribution in [2.75, 3.05) is 11.9 Å². The molecule has 1 rings (SSSR count). The molecule has 0 aliphatic carbocycles. The first-order valence-corrected chi connectivity index (χ1v) is 4.56. The number of rotatable bonds is 4. The van der Waals surface area contributed by atoms with Gasteiger partial charge in [-0.3, -0.25) is 4.84 Å². The van der Waals surface area contributed by atoms with Crippen molar-refractivity contribution in [3.05, 3.63) is 30.3 Å². The van der Waals surface area contributed by atoms with Crippen LogP contribution in [0.5, 0.6) is 0 Å². The van der Waals surface area contributed by atoms with E-state index in [2.05, 4.69) is 10.8 Å². The predicted molar refractivity (Wildman–Crippen MR) is 54.8 cm³/mol. The molecule has 2 N–H and O–H groups in total. The van der Waals surface area contributed by atoms with Crippen LogP contribution in [0.25, 0.3) is 0 Å². The summed E-state index contributed by atoms with van der Waals surface area (Å²) in [6.07, 6.45) is 0.867. The Labute approximate surface area is 83.2 Å². The molecule has 0 heterocycles. The largest absolute Gasteiger partial charge is 0.343 e. The number of anilines is 1. The topological polar surface area (TPSA) is 50.4 Å². The molecule has 0 bridgehead atoms. The van der Waals surface area contributed by atoms with Gasteiger partial charge in [-0.1, -0.05) is 25.1 Å². The standard InChI is InChI=1S/C10H14N2O2/c1-2-8-14-12-10(13)11-9-6-4-3-5-7-9/h3-7H,2,8H2,1H3,(H2,11,12,13). The Kier molecular flexibility index (Phi) is 4.50. The Hall–Kier alpha value is -1.55. The molecule has 0 fully saturated rings. The summed E-state index contributed by atoms with van der Waals surface area (Å²) in [5.41, 5.74) is 3.02. The molecular weight excluding hydrogens is 180 g/mol. The number of para-hydroxylation sites is 1. The summed E-state index contributed by atoms with van der Waals surface area (Å²) in [4.78, 5) is 16.0. The third-order valence-electron chi connectivity index (χ3n) is 1.50. The highest BCUT2D eigenvalue weighted by molar-refractivity contribution is 5.88. The number of urea groups is 1. The molecule has 76 valence electrons. The van der Waals surface area contributed by atoms with E-state index >= 15 is 0 Å². The Morgan fingerprint density at radius 1 is 1.36 bits per heavy atom. The maximum absolute atomic E-state index is 11.1. The number of hydroxylamine groups is 1. The minimum Gasteiger partial charge on any atom is -0.306 e. The molecule has 1 aromatic carbocycles. The molecule has 0 radical (unpaired) electrons. The molecule has 14 heavy (non-hydrogen) atoms. The van der Waals surface area contributed by atoms with Crippen molar-refractivity contribution in [2.45, 2.75) is 13.3 Å². The fraction of sp³-hybridized carbons (Fsp3) is 0.300. The summed E-state index contributed by atoms with van der Waals surface area (Å²) in [6.45, 7) is 2.49. The van der Waals surface area contributed by atoms with Crippen LogP contribution in [0.15, 0.2) is 30.3 Å². The molecule has 0 spiro atoms. The van der Waals surface area contributed by atoms with Crippen LogP contribution >= 0.6 is 0 Å². The van der Waals surface area contributed by atoms with Crippen LogP contribution in [-0.4, -0.2) is 12.6 Å². The molecule has 0 aliphatic heterocycles. The minimum absolute atomic E-state index is 0.357. The molecule has 0 unspecified atom stereocenters. The molecule has 0 saturated carbocycles. The highest BCUT2D eigenvalue weighted by Gasteiger charge is 1.98. The maximum Gasteiger partial charge on any atom is 0.343 e. The molecule has 4 nitrogen and oxygen atoms in total. The van der Waals surface area contributed by atoms with Crippen LogP contribution in [0.1, 0.15) is 13.3 Å². The monoisotopic (exact) mass is 194 g/mol. The first-order valence-electron chi connectivity index (χ1n) is 4.56. The lowest BCUT2D eigenvalue weighted by molar-refractivity contribution is 0.0664. The first kappa shape index (κ1) is 10.5. The van der Waals surface area contributed by atoms with E-state index in [-0.39, 0.29) is 6.03 Å². The lowest BCUT2D eigenvalue weighted by Gasteiger charge is -2.06. The van der Waals surface area contributed by atoms with Crippen LogP contribution in [0, 0.1) is 0 Å². The van der Waals surface area contributed by atoms with Crippen LogP contribution < -0.4 is 10.8 Å². The normalized spacial score (nSPS) is 9.50. The second kappa shape index (κ2) is 5.99. The second-order valence-corrected chi connectivity index (χ2v) is 2.77. The third-order valence-corrected chi connectivity index (χ3v) is 1.50. The fourth-order valence-corrected chi connectivity index (χ4v) is 0.897. The van der Waals surface area contributed by atoms with Crippen molar-refractivity contribution >= 4 is 11.7 Å². The Morgan fingerprint density at radius 2 is 2.07 bits per heavy atom. The molecule has 1 aromatic rings. The van der Waals surface area contributed by atoms with Crippen molar-refractivity contribution < 1.29 is 9.63 Å². The first-order chi connectivity index (χ1) is 6.83. The number of hydrogen-bond acceptors (Lipinski definition) is 2. The highest BCUT2D eigenvalue weighted by Crippen LogP contribution is 2.03. The SMILES string of the molecule is CCCONC(=O)Nc1ccccc1. The van der Waals surface area contributed by atoms with Gasteiger partial charge in [-0.2, -0.15) is 0 Å². The van der Waals surface area contributed by atoms with E-state index in [1.165, 1.54) is 0 Å². The summed E-state index contributed by atoms with van der Waals surface area (Å²) in [7, 11) is 0. The summed E-state index contributed by atoms with van der Waals surface area (Å²) in [6, 6.07) is 8.84. The van der Waals surface area contributed by atoms with Crippen LogP contribution in [-0.2, 0) is 4.84 Å². The summed E-state index contributed by atoms with van der Waals surface area (Å²) in [5, 5.41) is 2.63. The van der Waals surface area contributed by atoms with Gasteiger partial charge in [-0.15, -0.1) is 0 Å². The minimum atomic E-state index is -0.357. The van der Waals surface area contributed by atoms with Crippen molar-refractivity contribution in [1.29, 1.82) is 0 Å². The molecule has 2 amide bonds. The van der Waals surface area contributed by atoms with Crippen molar-refractivity contribution in [3.8, 4) is 0 Å². The number of hydrogen-bond donors (Lipinski definition) is 2. The molecule has 4 heteroatoms. The molecule has 0 aliphatic rings. The van der Waals surface area contributed by atoms with Crippen molar-refractivity contribution in [1.82, 2.24) is 5.48 Å². The van der Waals surface area contributed by atoms with Gasteiger partial charge in [-0.25, -0.2) is 10.3 Å². The lowest BCUT2D eigenvalue weighted by Crippen LogP contribution is -2.29. The zero-order chi connectivity index (χ0) is 10.2. The molecular formula is C10H14N2O2. The van der Waals surface area contributed by atoms with Crippen LogP contribution in [0.4, 0.5) is 10.5 Å².